The second-order valence-electron chi connectivity index (χ2n) is 2.82. The summed E-state index contributed by atoms with van der Waals surface area (Å²) in [6, 6.07) is 0. The van der Waals surface area contributed by atoms with Crippen LogP contribution in [-0.2, 0) is 0 Å². The maximum atomic E-state index is 13.3. The van der Waals surface area contributed by atoms with E-state index in [4.69, 9.17) is 0 Å². The number of thioether (sulfide) groups is 1. The lowest BCUT2D eigenvalue weighted by atomic mass is 10.3. The van der Waals surface area contributed by atoms with Crippen molar-refractivity contribution in [2.45, 2.75) is 4.90 Å². The van der Waals surface area contributed by atoms with Crippen LogP contribution in [0.25, 0.3) is 0 Å². The Labute approximate surface area is 134 Å². The molecule has 0 aliphatic heterocycles. The van der Waals surface area contributed by atoms with Crippen LogP contribution in [0.4, 0.5) is 22.0 Å². The van der Waals surface area contributed by atoms with E-state index in [2.05, 4.69) is 0 Å². The minimum Gasteiger partial charge on any atom is -0.258 e. The topological polar surface area (TPSA) is 43.1 Å². The van der Waals surface area contributed by atoms with Gasteiger partial charge in [0.2, 0.25) is 5.82 Å². The van der Waals surface area contributed by atoms with Gasteiger partial charge in [-0.05, 0) is 22.6 Å². The molecule has 0 aliphatic rings. The molecule has 0 unspecified atom stereocenters. The zero-order chi connectivity index (χ0) is 14.9. The van der Waals surface area contributed by atoms with Gasteiger partial charge in [-0.25, -0.2) is 22.0 Å². The minimum atomic E-state index is -2.28. The Hall–Kier alpha value is -0.180. The molecular formula is C8F5I2NO2S. The van der Waals surface area contributed by atoms with Gasteiger partial charge < -0.3 is 0 Å². The minimum absolute atomic E-state index is 0.0907. The second-order valence-corrected chi connectivity index (χ2v) is 6.68. The highest BCUT2D eigenvalue weighted by Crippen LogP contribution is 2.40. The maximum Gasteiger partial charge on any atom is 0.323 e. The van der Waals surface area contributed by atoms with E-state index in [1.165, 1.54) is 45.2 Å². The average molecular weight is 523 g/mol. The fourth-order valence-electron chi connectivity index (χ4n) is 0.878. The van der Waals surface area contributed by atoms with Crippen LogP contribution in [0.15, 0.2) is 11.5 Å². The molecule has 19 heavy (non-hydrogen) atoms. The molecule has 0 bridgehead atoms. The molecule has 0 radical (unpaired) electrons. The van der Waals surface area contributed by atoms with E-state index >= 15 is 0 Å². The number of hydrogen-bond acceptors (Lipinski definition) is 3. The summed E-state index contributed by atoms with van der Waals surface area (Å²) in [6.07, 6.45) is 0. The lowest BCUT2D eigenvalue weighted by molar-refractivity contribution is -0.406. The first-order valence-corrected chi connectivity index (χ1v) is 7.04. The normalized spacial score (nSPS) is 12.4. The molecule has 0 amide bonds. The first kappa shape index (κ1) is 16.9. The molecule has 0 fully saturated rings. The predicted molar refractivity (Wildman–Crippen MR) is 74.1 cm³/mol. The number of hydrogen-bond donors (Lipinski definition) is 0. The molecule has 0 saturated heterocycles. The molecule has 0 saturated carbocycles. The van der Waals surface area contributed by atoms with Crippen LogP contribution in [0.2, 0.25) is 0 Å². The van der Waals surface area contributed by atoms with E-state index in [-0.39, 0.29) is 14.7 Å². The standard InChI is InChI=1S/C8F5I2NO2S/c9-1-2(10)4(12)6(5(13)3(1)11)19-8(15)7(14)16(17)18/b8-7+. The first-order valence-electron chi connectivity index (χ1n) is 4.07. The highest BCUT2D eigenvalue weighted by atomic mass is 127. The zero-order valence-electron chi connectivity index (χ0n) is 8.32. The molecule has 0 N–H and O–H groups in total. The van der Waals surface area contributed by atoms with Gasteiger partial charge in [-0.3, -0.25) is 10.1 Å². The van der Waals surface area contributed by atoms with Gasteiger partial charge in [-0.2, -0.15) is 0 Å². The smallest absolute Gasteiger partial charge is 0.258 e. The van der Waals surface area contributed by atoms with Crippen LogP contribution >= 0.6 is 56.9 Å². The summed E-state index contributed by atoms with van der Waals surface area (Å²) in [4.78, 5) is 8.39. The van der Waals surface area contributed by atoms with Gasteiger partial charge in [-0.1, -0.05) is 11.8 Å². The SMILES string of the molecule is O=[N+]([O-])/C(I)=C(\I)Sc1c(F)c(F)c(F)c(F)c1F. The maximum absolute atomic E-state index is 13.3. The van der Waals surface area contributed by atoms with E-state index in [0.29, 0.717) is 0 Å². The average Bonchev–Trinajstić information content (AvgIpc) is 2.37. The number of nitro groups is 1. The molecule has 0 spiro atoms. The highest BCUT2D eigenvalue weighted by molar-refractivity contribution is 14.1. The lowest BCUT2D eigenvalue weighted by Gasteiger charge is -2.06. The Morgan fingerprint density at radius 1 is 0.947 bits per heavy atom. The molecule has 11 heteroatoms. The van der Waals surface area contributed by atoms with Crippen LogP contribution in [0.5, 0.6) is 0 Å². The van der Waals surface area contributed by atoms with Crippen molar-refractivity contribution in [3.05, 3.63) is 45.8 Å². The van der Waals surface area contributed by atoms with Crippen molar-refractivity contribution in [1.29, 1.82) is 0 Å². The molecule has 104 valence electrons. The van der Waals surface area contributed by atoms with Crippen LogP contribution < -0.4 is 0 Å². The molecule has 1 aromatic rings. The third kappa shape index (κ3) is 3.48. The van der Waals surface area contributed by atoms with Gasteiger partial charge in [0.25, 0.3) is 0 Å². The fraction of sp³-hybridized carbons (Fsp3) is 0. The Kier molecular flexibility index (Phi) is 5.78. The molecule has 0 aromatic heterocycles. The summed E-state index contributed by atoms with van der Waals surface area (Å²) in [5.74, 6) is -10.5. The summed E-state index contributed by atoms with van der Waals surface area (Å²) in [5, 5.41) is 10.4. The van der Waals surface area contributed by atoms with Crippen molar-refractivity contribution in [3.8, 4) is 0 Å². The van der Waals surface area contributed by atoms with E-state index < -0.39 is 42.6 Å². The summed E-state index contributed by atoms with van der Waals surface area (Å²) < 4.78 is 64.4. The summed E-state index contributed by atoms with van der Waals surface area (Å²) >= 11 is 2.74. The van der Waals surface area contributed by atoms with Crippen molar-refractivity contribution in [2.75, 3.05) is 0 Å². The van der Waals surface area contributed by atoms with E-state index in [1.807, 2.05) is 0 Å². The molecule has 3 nitrogen and oxygen atoms in total. The van der Waals surface area contributed by atoms with Gasteiger partial charge in [0.1, 0.15) is 2.91 Å². The van der Waals surface area contributed by atoms with Crippen molar-refractivity contribution >= 4 is 56.9 Å². The fourth-order valence-corrected chi connectivity index (χ4v) is 2.76. The van der Waals surface area contributed by atoms with Gasteiger partial charge in [-0.15, -0.1) is 0 Å². The van der Waals surface area contributed by atoms with Gasteiger partial charge in [0.15, 0.2) is 23.3 Å². The van der Waals surface area contributed by atoms with E-state index in [9.17, 15) is 32.1 Å². The Bertz CT molecular complexity index is 566. The van der Waals surface area contributed by atoms with Crippen molar-refractivity contribution in [2.24, 2.45) is 0 Å². The molecule has 0 heterocycles. The molecule has 1 rings (SSSR count). The summed E-state index contributed by atoms with van der Waals surface area (Å²) in [7, 11) is 0. The Morgan fingerprint density at radius 2 is 1.32 bits per heavy atom. The zero-order valence-corrected chi connectivity index (χ0v) is 13.4. The quantitative estimate of drug-likeness (QED) is 0.0841. The Balaban J connectivity index is 3.39. The van der Waals surface area contributed by atoms with Crippen LogP contribution in [0, 0.1) is 39.2 Å². The van der Waals surface area contributed by atoms with Gasteiger partial charge >= 0.3 is 3.70 Å². The monoisotopic (exact) mass is 523 g/mol. The van der Waals surface area contributed by atoms with Crippen LogP contribution in [0.1, 0.15) is 0 Å². The molecule has 0 atom stereocenters. The second kappa shape index (κ2) is 6.51. The van der Waals surface area contributed by atoms with Crippen molar-refractivity contribution < 1.29 is 26.9 Å². The molecular weight excluding hydrogens is 523 g/mol. The van der Waals surface area contributed by atoms with Gasteiger partial charge in [0.05, 0.1) is 9.82 Å². The van der Waals surface area contributed by atoms with Crippen molar-refractivity contribution in [3.63, 3.8) is 0 Å². The third-order valence-corrected chi connectivity index (χ3v) is 6.12. The number of benzene rings is 1. The van der Waals surface area contributed by atoms with Crippen molar-refractivity contribution in [1.82, 2.24) is 0 Å². The van der Waals surface area contributed by atoms with Crippen LogP contribution in [0.3, 0.4) is 0 Å². The lowest BCUT2D eigenvalue weighted by Crippen LogP contribution is -2.03. The third-order valence-electron chi connectivity index (χ3n) is 1.68. The number of nitrogens with zero attached hydrogens (tertiary/aromatic N) is 1. The number of halogens is 7. The number of rotatable bonds is 3. The molecule has 1 aromatic carbocycles. The predicted octanol–water partition coefficient (Wildman–Crippen LogP) is 4.75. The van der Waals surface area contributed by atoms with E-state index in [0.717, 1.165) is 0 Å². The van der Waals surface area contributed by atoms with Crippen LogP contribution in [-0.4, -0.2) is 4.92 Å². The largest absolute Gasteiger partial charge is 0.323 e. The highest BCUT2D eigenvalue weighted by Gasteiger charge is 2.28. The first-order chi connectivity index (χ1) is 8.68. The van der Waals surface area contributed by atoms with Gasteiger partial charge in [0, 0.05) is 22.6 Å². The summed E-state index contributed by atoms with van der Waals surface area (Å²) in [6.45, 7) is 0. The Morgan fingerprint density at radius 3 is 1.68 bits per heavy atom. The van der Waals surface area contributed by atoms with E-state index in [1.54, 1.807) is 0 Å². The molecule has 0 aliphatic carbocycles. The summed E-state index contributed by atoms with van der Waals surface area (Å²) in [5.41, 5.74) is 0.